The molecule has 1 saturated carbocycles. The zero-order valence-corrected chi connectivity index (χ0v) is 8.48. The number of aliphatic hydroxyl groups is 1. The summed E-state index contributed by atoms with van der Waals surface area (Å²) in [7, 11) is 0. The van der Waals surface area contributed by atoms with Gasteiger partial charge in [0, 0.05) is 0 Å². The predicted molar refractivity (Wildman–Crippen MR) is 56.2 cm³/mol. The van der Waals surface area contributed by atoms with Crippen LogP contribution in [0.25, 0.3) is 0 Å². The van der Waals surface area contributed by atoms with Gasteiger partial charge in [0.25, 0.3) is 0 Å². The average molecular weight is 188 g/mol. The molecule has 0 bridgehead atoms. The van der Waals surface area contributed by atoms with Crippen LogP contribution in [0.4, 0.5) is 0 Å². The van der Waals surface area contributed by atoms with Gasteiger partial charge in [-0.15, -0.1) is 0 Å². The molecule has 2 aliphatic rings. The Kier molecular flexibility index (Phi) is 1.72. The standard InChI is InChI=1S/C13H16O/c1-8-12-10-5-3-2-4-9(10)6-7-11(12)13(8)14/h2-5,8,11-14H,6-7H2,1H3. The monoisotopic (exact) mass is 188 g/mol. The van der Waals surface area contributed by atoms with E-state index in [-0.39, 0.29) is 6.10 Å². The number of benzene rings is 1. The summed E-state index contributed by atoms with van der Waals surface area (Å²) >= 11 is 0. The summed E-state index contributed by atoms with van der Waals surface area (Å²) in [6, 6.07) is 8.73. The molecule has 14 heavy (non-hydrogen) atoms. The van der Waals surface area contributed by atoms with Crippen LogP contribution in [0.15, 0.2) is 24.3 Å². The van der Waals surface area contributed by atoms with Gasteiger partial charge < -0.3 is 5.11 Å². The van der Waals surface area contributed by atoms with Crippen LogP contribution in [-0.2, 0) is 6.42 Å². The molecular formula is C13H16O. The third-order valence-electron chi connectivity index (χ3n) is 4.17. The zero-order chi connectivity index (χ0) is 9.71. The fourth-order valence-corrected chi connectivity index (χ4v) is 3.33. The number of rotatable bonds is 0. The molecule has 1 heteroatoms. The van der Waals surface area contributed by atoms with Crippen LogP contribution in [-0.4, -0.2) is 11.2 Å². The van der Waals surface area contributed by atoms with Gasteiger partial charge in [-0.05, 0) is 41.7 Å². The Balaban J connectivity index is 2.03. The molecule has 1 nitrogen and oxygen atoms in total. The maximum absolute atomic E-state index is 9.84. The second-order valence-corrected chi connectivity index (χ2v) is 4.78. The van der Waals surface area contributed by atoms with Crippen molar-refractivity contribution in [3.8, 4) is 0 Å². The van der Waals surface area contributed by atoms with Crippen molar-refractivity contribution < 1.29 is 5.11 Å². The van der Waals surface area contributed by atoms with E-state index in [2.05, 4.69) is 31.2 Å². The lowest BCUT2D eigenvalue weighted by molar-refractivity contribution is -0.0648. The van der Waals surface area contributed by atoms with Gasteiger partial charge in [-0.1, -0.05) is 31.2 Å². The average Bonchev–Trinajstić information content (AvgIpc) is 2.26. The Morgan fingerprint density at radius 1 is 1.29 bits per heavy atom. The van der Waals surface area contributed by atoms with Crippen LogP contribution < -0.4 is 0 Å². The summed E-state index contributed by atoms with van der Waals surface area (Å²) in [4.78, 5) is 0. The highest BCUT2D eigenvalue weighted by atomic mass is 16.3. The van der Waals surface area contributed by atoms with Crippen LogP contribution in [0, 0.1) is 11.8 Å². The van der Waals surface area contributed by atoms with E-state index < -0.39 is 0 Å². The summed E-state index contributed by atoms with van der Waals surface area (Å²) in [5.74, 6) is 1.64. The number of hydrogen-bond acceptors (Lipinski definition) is 1. The van der Waals surface area contributed by atoms with Crippen molar-refractivity contribution in [1.29, 1.82) is 0 Å². The third kappa shape index (κ3) is 0.936. The van der Waals surface area contributed by atoms with Gasteiger partial charge in [0.05, 0.1) is 6.10 Å². The highest BCUT2D eigenvalue weighted by Gasteiger charge is 2.49. The molecule has 1 aromatic rings. The summed E-state index contributed by atoms with van der Waals surface area (Å²) < 4.78 is 0. The highest BCUT2D eigenvalue weighted by Crippen LogP contribution is 2.53. The highest BCUT2D eigenvalue weighted by molar-refractivity contribution is 5.37. The number of aryl methyl sites for hydroxylation is 1. The first-order chi connectivity index (χ1) is 6.79. The fourth-order valence-electron chi connectivity index (χ4n) is 3.33. The van der Waals surface area contributed by atoms with Crippen molar-refractivity contribution in [2.24, 2.45) is 11.8 Å². The third-order valence-corrected chi connectivity index (χ3v) is 4.17. The van der Waals surface area contributed by atoms with E-state index in [0.29, 0.717) is 17.8 Å². The van der Waals surface area contributed by atoms with Gasteiger partial charge in [0.2, 0.25) is 0 Å². The van der Waals surface area contributed by atoms with Gasteiger partial charge in [-0.25, -0.2) is 0 Å². The van der Waals surface area contributed by atoms with Crippen molar-refractivity contribution >= 4 is 0 Å². The Hall–Kier alpha value is -0.820. The molecule has 3 rings (SSSR count). The minimum atomic E-state index is -0.0478. The van der Waals surface area contributed by atoms with E-state index >= 15 is 0 Å². The second-order valence-electron chi connectivity index (χ2n) is 4.78. The second kappa shape index (κ2) is 2.83. The number of aliphatic hydroxyl groups excluding tert-OH is 1. The van der Waals surface area contributed by atoms with Crippen molar-refractivity contribution in [2.75, 3.05) is 0 Å². The maximum atomic E-state index is 9.84. The van der Waals surface area contributed by atoms with Crippen LogP contribution in [0.1, 0.15) is 30.4 Å². The number of fused-ring (bicyclic) bond motifs is 3. The molecule has 0 spiro atoms. The van der Waals surface area contributed by atoms with Crippen molar-refractivity contribution in [3.05, 3.63) is 35.4 Å². The lowest BCUT2D eigenvalue weighted by Crippen LogP contribution is -2.50. The van der Waals surface area contributed by atoms with Crippen LogP contribution >= 0.6 is 0 Å². The Morgan fingerprint density at radius 2 is 2.07 bits per heavy atom. The summed E-state index contributed by atoms with van der Waals surface area (Å²) in [5, 5.41) is 9.84. The minimum absolute atomic E-state index is 0.0478. The first kappa shape index (κ1) is 8.49. The van der Waals surface area contributed by atoms with E-state index in [9.17, 15) is 5.11 Å². The largest absolute Gasteiger partial charge is 0.393 e. The molecule has 74 valence electrons. The molecule has 0 aromatic heterocycles. The van der Waals surface area contributed by atoms with Gasteiger partial charge >= 0.3 is 0 Å². The lowest BCUT2D eigenvalue weighted by Gasteiger charge is -2.51. The lowest BCUT2D eigenvalue weighted by atomic mass is 9.55. The summed E-state index contributed by atoms with van der Waals surface area (Å²) in [6.07, 6.45) is 2.28. The molecule has 0 saturated heterocycles. The van der Waals surface area contributed by atoms with Crippen LogP contribution in [0.2, 0.25) is 0 Å². The van der Waals surface area contributed by atoms with E-state index in [4.69, 9.17) is 0 Å². The molecule has 0 radical (unpaired) electrons. The SMILES string of the molecule is CC1C(O)C2CCc3ccccc3C12. The zero-order valence-electron chi connectivity index (χ0n) is 8.48. The fraction of sp³-hybridized carbons (Fsp3) is 0.538. The molecule has 0 aliphatic heterocycles. The van der Waals surface area contributed by atoms with Gasteiger partial charge in [0.1, 0.15) is 0 Å². The van der Waals surface area contributed by atoms with Gasteiger partial charge in [-0.3, -0.25) is 0 Å². The summed E-state index contributed by atoms with van der Waals surface area (Å²) in [5.41, 5.74) is 3.01. The van der Waals surface area contributed by atoms with E-state index in [1.54, 1.807) is 0 Å². The quantitative estimate of drug-likeness (QED) is 0.662. The Labute approximate surface area is 84.8 Å². The topological polar surface area (TPSA) is 20.2 Å². The van der Waals surface area contributed by atoms with Crippen molar-refractivity contribution in [1.82, 2.24) is 0 Å². The minimum Gasteiger partial charge on any atom is -0.393 e. The number of hydrogen-bond donors (Lipinski definition) is 1. The first-order valence-electron chi connectivity index (χ1n) is 5.55. The van der Waals surface area contributed by atoms with E-state index in [0.717, 1.165) is 6.42 Å². The van der Waals surface area contributed by atoms with Crippen molar-refractivity contribution in [3.63, 3.8) is 0 Å². The first-order valence-corrected chi connectivity index (χ1v) is 5.55. The van der Waals surface area contributed by atoms with Gasteiger partial charge in [0.15, 0.2) is 0 Å². The Bertz CT molecular complexity index is 358. The maximum Gasteiger partial charge on any atom is 0.0605 e. The van der Waals surface area contributed by atoms with E-state index in [1.807, 2.05) is 0 Å². The van der Waals surface area contributed by atoms with Crippen LogP contribution in [0.3, 0.4) is 0 Å². The molecular weight excluding hydrogens is 172 g/mol. The smallest absolute Gasteiger partial charge is 0.0605 e. The van der Waals surface area contributed by atoms with E-state index in [1.165, 1.54) is 17.5 Å². The molecule has 1 aromatic carbocycles. The summed E-state index contributed by atoms with van der Waals surface area (Å²) in [6.45, 7) is 2.17. The molecule has 2 aliphatic carbocycles. The molecule has 1 fully saturated rings. The van der Waals surface area contributed by atoms with Gasteiger partial charge in [-0.2, -0.15) is 0 Å². The predicted octanol–water partition coefficient (Wildman–Crippen LogP) is 2.34. The molecule has 4 atom stereocenters. The Morgan fingerprint density at radius 3 is 2.93 bits per heavy atom. The molecule has 0 amide bonds. The molecule has 1 N–H and O–H groups in total. The van der Waals surface area contributed by atoms with Crippen molar-refractivity contribution in [2.45, 2.75) is 31.8 Å². The molecule has 4 unspecified atom stereocenters. The van der Waals surface area contributed by atoms with Crippen LogP contribution in [0.5, 0.6) is 0 Å². The normalized spacial score (nSPS) is 39.6. The molecule has 0 heterocycles.